The molecule has 5 heteroatoms. The van der Waals surface area contributed by atoms with Crippen molar-refractivity contribution < 1.29 is 9.53 Å². The SMILES string of the molecule is CCOc1ccc(-n2ccc([C@H]3SCC(=O)N3Cc3ccccc3)c2)cc1. The van der Waals surface area contributed by atoms with Crippen molar-refractivity contribution in [2.75, 3.05) is 12.4 Å². The van der Waals surface area contributed by atoms with Crippen LogP contribution in [0.2, 0.25) is 0 Å². The molecule has 1 atom stereocenters. The van der Waals surface area contributed by atoms with Crippen molar-refractivity contribution in [3.05, 3.63) is 84.2 Å². The van der Waals surface area contributed by atoms with Crippen LogP contribution in [0, 0.1) is 0 Å². The molecule has 0 unspecified atom stereocenters. The maximum absolute atomic E-state index is 12.4. The molecular weight excluding hydrogens is 356 g/mol. The van der Waals surface area contributed by atoms with E-state index < -0.39 is 0 Å². The normalized spacial score (nSPS) is 16.7. The topological polar surface area (TPSA) is 34.5 Å². The molecule has 2 heterocycles. The molecule has 0 spiro atoms. The van der Waals surface area contributed by atoms with Gasteiger partial charge in [0, 0.05) is 30.2 Å². The van der Waals surface area contributed by atoms with Gasteiger partial charge in [0.15, 0.2) is 0 Å². The molecule has 1 amide bonds. The minimum absolute atomic E-state index is 0.0571. The van der Waals surface area contributed by atoms with Gasteiger partial charge in [-0.1, -0.05) is 30.3 Å². The van der Waals surface area contributed by atoms with Gasteiger partial charge in [-0.05, 0) is 42.8 Å². The van der Waals surface area contributed by atoms with Crippen molar-refractivity contribution in [1.82, 2.24) is 9.47 Å². The summed E-state index contributed by atoms with van der Waals surface area (Å²) >= 11 is 1.69. The first-order valence-corrected chi connectivity index (χ1v) is 10.2. The number of aromatic nitrogens is 1. The fraction of sp³-hybridized carbons (Fsp3) is 0.227. The second kappa shape index (κ2) is 7.92. The van der Waals surface area contributed by atoms with E-state index in [0.29, 0.717) is 18.9 Å². The fourth-order valence-corrected chi connectivity index (χ4v) is 4.45. The number of amides is 1. The molecule has 4 rings (SSSR count). The summed E-state index contributed by atoms with van der Waals surface area (Å²) in [4.78, 5) is 14.4. The van der Waals surface area contributed by atoms with Crippen molar-refractivity contribution in [1.29, 1.82) is 0 Å². The smallest absolute Gasteiger partial charge is 0.234 e. The van der Waals surface area contributed by atoms with E-state index in [2.05, 4.69) is 35.2 Å². The second-order valence-electron chi connectivity index (χ2n) is 6.45. The minimum atomic E-state index is 0.0571. The summed E-state index contributed by atoms with van der Waals surface area (Å²) in [5.41, 5.74) is 3.38. The molecule has 2 aromatic carbocycles. The number of hydrogen-bond donors (Lipinski definition) is 0. The van der Waals surface area contributed by atoms with Crippen LogP contribution in [0.25, 0.3) is 5.69 Å². The third-order valence-corrected chi connectivity index (χ3v) is 5.87. The lowest BCUT2D eigenvalue weighted by molar-refractivity contribution is -0.128. The van der Waals surface area contributed by atoms with Gasteiger partial charge in [0.1, 0.15) is 11.1 Å². The molecule has 1 aliphatic heterocycles. The lowest BCUT2D eigenvalue weighted by Crippen LogP contribution is -2.27. The maximum atomic E-state index is 12.4. The molecule has 4 nitrogen and oxygen atoms in total. The molecule has 3 aromatic rings. The molecule has 0 aliphatic carbocycles. The van der Waals surface area contributed by atoms with Crippen molar-refractivity contribution in [3.8, 4) is 11.4 Å². The van der Waals surface area contributed by atoms with Crippen molar-refractivity contribution in [2.24, 2.45) is 0 Å². The van der Waals surface area contributed by atoms with Crippen LogP contribution >= 0.6 is 11.8 Å². The maximum Gasteiger partial charge on any atom is 0.234 e. The minimum Gasteiger partial charge on any atom is -0.494 e. The Hall–Kier alpha value is -2.66. The number of carbonyl (C=O) groups is 1. The van der Waals surface area contributed by atoms with Crippen LogP contribution in [0.15, 0.2) is 73.1 Å². The summed E-state index contributed by atoms with van der Waals surface area (Å²) in [6.07, 6.45) is 4.17. The standard InChI is InChI=1S/C22H22N2O2S/c1-2-26-20-10-8-19(9-11-20)23-13-12-18(15-23)22-24(21(25)16-27-22)14-17-6-4-3-5-7-17/h3-13,15,22H,2,14,16H2,1H3/t22-/m1/s1. The van der Waals surface area contributed by atoms with Gasteiger partial charge in [-0.2, -0.15) is 0 Å². The third kappa shape index (κ3) is 3.88. The average Bonchev–Trinajstić information content (AvgIpc) is 3.31. The summed E-state index contributed by atoms with van der Waals surface area (Å²) in [6, 6.07) is 20.3. The molecule has 1 aliphatic rings. The predicted molar refractivity (Wildman–Crippen MR) is 109 cm³/mol. The molecule has 0 bridgehead atoms. The number of rotatable bonds is 6. The van der Waals surface area contributed by atoms with Gasteiger partial charge in [0.25, 0.3) is 0 Å². The monoisotopic (exact) mass is 378 g/mol. The van der Waals surface area contributed by atoms with Crippen LogP contribution in [0.5, 0.6) is 5.75 Å². The second-order valence-corrected chi connectivity index (χ2v) is 7.52. The molecule has 1 saturated heterocycles. The van der Waals surface area contributed by atoms with Gasteiger partial charge in [-0.15, -0.1) is 11.8 Å². The summed E-state index contributed by atoms with van der Waals surface area (Å²) in [5, 5.41) is 0.0571. The molecule has 1 aromatic heterocycles. The van der Waals surface area contributed by atoms with Crippen LogP contribution in [-0.2, 0) is 11.3 Å². The summed E-state index contributed by atoms with van der Waals surface area (Å²) in [6.45, 7) is 3.29. The highest BCUT2D eigenvalue weighted by molar-refractivity contribution is 8.00. The van der Waals surface area contributed by atoms with Crippen molar-refractivity contribution >= 4 is 17.7 Å². The van der Waals surface area contributed by atoms with Crippen LogP contribution in [-0.4, -0.2) is 27.7 Å². The number of hydrogen-bond acceptors (Lipinski definition) is 3. The summed E-state index contributed by atoms with van der Waals surface area (Å²) in [5.74, 6) is 1.61. The van der Waals surface area contributed by atoms with Crippen LogP contribution in [0.1, 0.15) is 23.4 Å². The van der Waals surface area contributed by atoms with Gasteiger partial charge in [0.05, 0.1) is 12.4 Å². The molecule has 138 valence electrons. The van der Waals surface area contributed by atoms with E-state index in [-0.39, 0.29) is 11.3 Å². The molecule has 27 heavy (non-hydrogen) atoms. The van der Waals surface area contributed by atoms with Crippen LogP contribution in [0.3, 0.4) is 0 Å². The molecule has 0 saturated carbocycles. The molecule has 0 N–H and O–H groups in total. The zero-order valence-electron chi connectivity index (χ0n) is 15.2. The van der Waals surface area contributed by atoms with E-state index in [9.17, 15) is 4.79 Å². The third-order valence-electron chi connectivity index (χ3n) is 4.61. The molecule has 1 fully saturated rings. The lowest BCUT2D eigenvalue weighted by Gasteiger charge is -2.23. The highest BCUT2D eigenvalue weighted by Gasteiger charge is 2.33. The zero-order valence-corrected chi connectivity index (χ0v) is 16.1. The number of ether oxygens (including phenoxy) is 1. The first-order chi connectivity index (χ1) is 13.2. The van der Waals surface area contributed by atoms with E-state index in [1.807, 2.05) is 54.3 Å². The summed E-state index contributed by atoms with van der Waals surface area (Å²) in [7, 11) is 0. The van der Waals surface area contributed by atoms with Crippen LogP contribution in [0.4, 0.5) is 0 Å². The largest absolute Gasteiger partial charge is 0.494 e. The average molecular weight is 378 g/mol. The summed E-state index contributed by atoms with van der Waals surface area (Å²) < 4.78 is 7.60. The fourth-order valence-electron chi connectivity index (χ4n) is 3.28. The van der Waals surface area contributed by atoms with Crippen LogP contribution < -0.4 is 4.74 Å². The highest BCUT2D eigenvalue weighted by atomic mass is 32.2. The van der Waals surface area contributed by atoms with E-state index in [1.165, 1.54) is 0 Å². The van der Waals surface area contributed by atoms with Gasteiger partial charge >= 0.3 is 0 Å². The Kier molecular flexibility index (Phi) is 5.21. The Morgan fingerprint density at radius 2 is 1.85 bits per heavy atom. The predicted octanol–water partition coefficient (Wildman–Crippen LogP) is 4.65. The molecular formula is C22H22N2O2S. The van der Waals surface area contributed by atoms with Gasteiger partial charge < -0.3 is 14.2 Å². The number of carbonyl (C=O) groups excluding carboxylic acids is 1. The number of benzene rings is 2. The Balaban J connectivity index is 1.53. The zero-order chi connectivity index (χ0) is 18.6. The van der Waals surface area contributed by atoms with E-state index >= 15 is 0 Å². The van der Waals surface area contributed by atoms with Crippen molar-refractivity contribution in [2.45, 2.75) is 18.8 Å². The first kappa shape index (κ1) is 17.7. The van der Waals surface area contributed by atoms with Crippen molar-refractivity contribution in [3.63, 3.8) is 0 Å². The van der Waals surface area contributed by atoms with E-state index in [1.54, 1.807) is 11.8 Å². The van der Waals surface area contributed by atoms with E-state index in [0.717, 1.165) is 22.6 Å². The highest BCUT2D eigenvalue weighted by Crippen LogP contribution is 2.40. The first-order valence-electron chi connectivity index (χ1n) is 9.10. The van der Waals surface area contributed by atoms with Gasteiger partial charge in [0.2, 0.25) is 5.91 Å². The quantitative estimate of drug-likeness (QED) is 0.626. The van der Waals surface area contributed by atoms with Gasteiger partial charge in [-0.3, -0.25) is 4.79 Å². The van der Waals surface area contributed by atoms with Gasteiger partial charge in [-0.25, -0.2) is 0 Å². The van der Waals surface area contributed by atoms with E-state index in [4.69, 9.17) is 4.74 Å². The Morgan fingerprint density at radius 3 is 2.59 bits per heavy atom. The Morgan fingerprint density at radius 1 is 1.07 bits per heavy atom. The number of nitrogens with zero attached hydrogens (tertiary/aromatic N) is 2. The Labute approximate surface area is 163 Å². The molecule has 0 radical (unpaired) electrons. The number of thioether (sulfide) groups is 1. The lowest BCUT2D eigenvalue weighted by atomic mass is 10.2. The Bertz CT molecular complexity index is 906.